The third-order valence-electron chi connectivity index (χ3n) is 6.46. The average molecular weight is 484 g/mol. The van der Waals surface area contributed by atoms with E-state index in [1.807, 2.05) is 0 Å². The van der Waals surface area contributed by atoms with E-state index >= 15 is 0 Å². The lowest BCUT2D eigenvalue weighted by atomic mass is 9.94. The van der Waals surface area contributed by atoms with E-state index in [4.69, 9.17) is 10.5 Å². The number of nitrogens with zero attached hydrogens (tertiary/aromatic N) is 5. The Morgan fingerprint density at radius 1 is 1.23 bits per heavy atom. The van der Waals surface area contributed by atoms with Crippen molar-refractivity contribution >= 4 is 33.5 Å². The number of alkyl halides is 3. The van der Waals surface area contributed by atoms with Gasteiger partial charge in [-0.05, 0) is 31.0 Å². The third-order valence-corrected chi connectivity index (χ3v) is 6.46. The van der Waals surface area contributed by atoms with Crippen LogP contribution < -0.4 is 15.2 Å². The highest BCUT2D eigenvalue weighted by Gasteiger charge is 2.44. The zero-order chi connectivity index (χ0) is 24.5. The van der Waals surface area contributed by atoms with Crippen LogP contribution in [0.2, 0.25) is 0 Å². The Morgan fingerprint density at radius 2 is 2.06 bits per heavy atom. The molecule has 0 aliphatic carbocycles. The van der Waals surface area contributed by atoms with Crippen LogP contribution in [0.25, 0.3) is 21.8 Å². The van der Waals surface area contributed by atoms with Gasteiger partial charge in [0.1, 0.15) is 29.1 Å². The van der Waals surface area contributed by atoms with E-state index in [2.05, 4.69) is 19.8 Å². The molecule has 12 heteroatoms. The normalized spacial score (nSPS) is 19.5. The van der Waals surface area contributed by atoms with E-state index in [0.717, 1.165) is 5.52 Å². The standard InChI is InChI=1S/C23H19F3N6O3/c1-31-19-13-8-15(28-10-16(13)30-21(27)14(19)9-29-31)22(33)32-6-2-3-17-20(32)12-5-4-11(7-18(12)34-17)35-23(24,25)26/h4-5,7-10,17,20H,2-3,6H2,1H3,(H2,27,30)/t17?,20-/m0/s1. The molecule has 1 fully saturated rings. The summed E-state index contributed by atoms with van der Waals surface area (Å²) in [6.45, 7) is 0.463. The Morgan fingerprint density at radius 3 is 2.86 bits per heavy atom. The number of halogens is 3. The number of aromatic nitrogens is 4. The van der Waals surface area contributed by atoms with Crippen LogP contribution in [0.3, 0.4) is 0 Å². The molecule has 2 atom stereocenters. The molecule has 3 aromatic heterocycles. The molecular weight excluding hydrogens is 465 g/mol. The summed E-state index contributed by atoms with van der Waals surface area (Å²) in [6.07, 6.45) is -0.686. The highest BCUT2D eigenvalue weighted by Crippen LogP contribution is 2.46. The number of amides is 1. The van der Waals surface area contributed by atoms with Crippen molar-refractivity contribution in [2.45, 2.75) is 31.3 Å². The number of carbonyl (C=O) groups excluding carboxylic acids is 1. The minimum atomic E-state index is -4.80. The number of nitrogens with two attached hydrogens (primary N) is 1. The van der Waals surface area contributed by atoms with Crippen molar-refractivity contribution in [3.05, 3.63) is 47.9 Å². The predicted molar refractivity (Wildman–Crippen MR) is 119 cm³/mol. The maximum absolute atomic E-state index is 13.6. The average Bonchev–Trinajstić information content (AvgIpc) is 3.38. The Kier molecular flexibility index (Phi) is 4.57. The van der Waals surface area contributed by atoms with Gasteiger partial charge in [0, 0.05) is 30.6 Å². The summed E-state index contributed by atoms with van der Waals surface area (Å²) in [6, 6.07) is 5.21. The van der Waals surface area contributed by atoms with Crippen molar-refractivity contribution < 1.29 is 27.4 Å². The van der Waals surface area contributed by atoms with Gasteiger partial charge in [0.05, 0.1) is 34.9 Å². The molecule has 35 heavy (non-hydrogen) atoms. The van der Waals surface area contributed by atoms with Crippen LogP contribution >= 0.6 is 0 Å². The number of hydrogen-bond donors (Lipinski definition) is 1. The molecule has 180 valence electrons. The number of pyridine rings is 2. The number of anilines is 1. The maximum atomic E-state index is 13.6. The fourth-order valence-electron chi connectivity index (χ4n) is 5.03. The second kappa shape index (κ2) is 7.45. The number of benzene rings is 1. The van der Waals surface area contributed by atoms with Crippen LogP contribution in [0.1, 0.15) is 34.9 Å². The molecule has 5 heterocycles. The SMILES string of the molecule is Cn1ncc2c(N)nc3cnc(C(=O)N4CCCC5Oc6cc(OC(F)(F)F)ccc6[C@@H]54)cc3c21. The van der Waals surface area contributed by atoms with E-state index < -0.39 is 12.4 Å². The molecule has 6 rings (SSSR count). The van der Waals surface area contributed by atoms with Crippen LogP contribution in [-0.2, 0) is 7.05 Å². The topological polar surface area (TPSA) is 108 Å². The van der Waals surface area contributed by atoms with Crippen molar-refractivity contribution in [1.29, 1.82) is 0 Å². The van der Waals surface area contributed by atoms with Gasteiger partial charge < -0.3 is 20.1 Å². The van der Waals surface area contributed by atoms with Gasteiger partial charge in [-0.25, -0.2) is 9.97 Å². The van der Waals surface area contributed by atoms with Crippen molar-refractivity contribution in [3.63, 3.8) is 0 Å². The molecule has 2 N–H and O–H groups in total. The summed E-state index contributed by atoms with van der Waals surface area (Å²) in [5.74, 6) is -0.0603. The second-order valence-corrected chi connectivity index (χ2v) is 8.60. The van der Waals surface area contributed by atoms with E-state index in [-0.39, 0.29) is 29.2 Å². The largest absolute Gasteiger partial charge is 0.573 e. The lowest BCUT2D eigenvalue weighted by Gasteiger charge is -2.36. The van der Waals surface area contributed by atoms with Crippen molar-refractivity contribution in [1.82, 2.24) is 24.6 Å². The lowest BCUT2D eigenvalue weighted by Crippen LogP contribution is -2.44. The van der Waals surface area contributed by atoms with Gasteiger partial charge in [-0.1, -0.05) is 0 Å². The third kappa shape index (κ3) is 3.47. The number of rotatable bonds is 2. The summed E-state index contributed by atoms with van der Waals surface area (Å²) in [7, 11) is 1.78. The molecule has 0 bridgehead atoms. The molecule has 0 radical (unpaired) electrons. The number of hydrogen-bond acceptors (Lipinski definition) is 7. The first kappa shape index (κ1) is 21.4. The summed E-state index contributed by atoms with van der Waals surface area (Å²) >= 11 is 0. The summed E-state index contributed by atoms with van der Waals surface area (Å²) in [5, 5.41) is 5.62. The Balaban J connectivity index is 1.38. The lowest BCUT2D eigenvalue weighted by molar-refractivity contribution is -0.274. The molecule has 2 aliphatic rings. The number of fused-ring (bicyclic) bond motifs is 6. The second-order valence-electron chi connectivity index (χ2n) is 8.60. The molecule has 0 spiro atoms. The van der Waals surface area contributed by atoms with Crippen LogP contribution in [0.15, 0.2) is 36.7 Å². The van der Waals surface area contributed by atoms with Gasteiger partial charge in [-0.15, -0.1) is 13.2 Å². The number of nitrogen functional groups attached to an aromatic ring is 1. The highest BCUT2D eigenvalue weighted by molar-refractivity contribution is 6.09. The fraction of sp³-hybridized carbons (Fsp3) is 0.304. The number of likely N-dealkylation sites (tertiary alicyclic amines) is 1. The van der Waals surface area contributed by atoms with Crippen LogP contribution in [0.5, 0.6) is 11.5 Å². The molecule has 2 aliphatic heterocycles. The molecule has 1 unspecified atom stereocenters. The number of piperidine rings is 1. The molecule has 1 saturated heterocycles. The van der Waals surface area contributed by atoms with Gasteiger partial charge >= 0.3 is 6.36 Å². The summed E-state index contributed by atoms with van der Waals surface area (Å²) < 4.78 is 49.5. The molecule has 9 nitrogen and oxygen atoms in total. The summed E-state index contributed by atoms with van der Waals surface area (Å²) in [4.78, 5) is 24.0. The Labute approximate surface area is 196 Å². The number of carbonyl (C=O) groups is 1. The first-order valence-electron chi connectivity index (χ1n) is 10.9. The van der Waals surface area contributed by atoms with E-state index in [0.29, 0.717) is 47.1 Å². The fourth-order valence-corrected chi connectivity index (χ4v) is 5.03. The monoisotopic (exact) mass is 484 g/mol. The Bertz CT molecular complexity index is 1500. The van der Waals surface area contributed by atoms with Gasteiger partial charge in [0.25, 0.3) is 5.91 Å². The van der Waals surface area contributed by atoms with Gasteiger partial charge in [0.15, 0.2) is 0 Å². The minimum absolute atomic E-state index is 0.220. The quantitative estimate of drug-likeness (QED) is 0.462. The predicted octanol–water partition coefficient (Wildman–Crippen LogP) is 3.74. The van der Waals surface area contributed by atoms with Crippen molar-refractivity contribution in [2.75, 3.05) is 12.3 Å². The summed E-state index contributed by atoms with van der Waals surface area (Å²) in [5.41, 5.74) is 8.19. The van der Waals surface area contributed by atoms with Crippen molar-refractivity contribution in [3.8, 4) is 11.5 Å². The zero-order valence-electron chi connectivity index (χ0n) is 18.4. The van der Waals surface area contributed by atoms with Crippen LogP contribution in [0.4, 0.5) is 19.0 Å². The zero-order valence-corrected chi connectivity index (χ0v) is 18.4. The minimum Gasteiger partial charge on any atom is -0.487 e. The number of aryl methyl sites for hydroxylation is 1. The Hall–Kier alpha value is -4.09. The molecular formula is C23H19F3N6O3. The van der Waals surface area contributed by atoms with Gasteiger partial charge in [-0.3, -0.25) is 9.48 Å². The first-order chi connectivity index (χ1) is 16.7. The molecule has 4 aromatic rings. The molecule has 1 aromatic carbocycles. The van der Waals surface area contributed by atoms with Crippen LogP contribution in [-0.4, -0.2) is 49.6 Å². The smallest absolute Gasteiger partial charge is 0.487 e. The van der Waals surface area contributed by atoms with E-state index in [1.54, 1.807) is 28.9 Å². The molecule has 0 saturated carbocycles. The van der Waals surface area contributed by atoms with E-state index in [9.17, 15) is 18.0 Å². The maximum Gasteiger partial charge on any atom is 0.573 e. The highest BCUT2D eigenvalue weighted by atomic mass is 19.4. The van der Waals surface area contributed by atoms with Gasteiger partial charge in [0.2, 0.25) is 0 Å². The van der Waals surface area contributed by atoms with Crippen LogP contribution in [0, 0.1) is 0 Å². The molecule has 1 amide bonds. The first-order valence-corrected chi connectivity index (χ1v) is 10.9. The van der Waals surface area contributed by atoms with E-state index in [1.165, 1.54) is 24.4 Å². The number of ether oxygens (including phenoxy) is 2. The van der Waals surface area contributed by atoms with Crippen molar-refractivity contribution in [2.24, 2.45) is 7.05 Å². The van der Waals surface area contributed by atoms with Gasteiger partial charge in [-0.2, -0.15) is 5.10 Å².